The largest absolute Gasteiger partial charge is 0.476 e. The maximum Gasteiger partial charge on any atom is 0.356 e. The Morgan fingerprint density at radius 1 is 1.24 bits per heavy atom. The lowest BCUT2D eigenvalue weighted by Crippen LogP contribution is -2.16. The van der Waals surface area contributed by atoms with Crippen molar-refractivity contribution in [3.05, 3.63) is 59.4 Å². The van der Waals surface area contributed by atoms with Gasteiger partial charge in [0.15, 0.2) is 12.4 Å². The van der Waals surface area contributed by atoms with Crippen molar-refractivity contribution in [3.63, 3.8) is 0 Å². The molecular weight excluding hydrogens is 381 g/mol. The predicted octanol–water partition coefficient (Wildman–Crippen LogP) is 2.60. The lowest BCUT2D eigenvalue weighted by molar-refractivity contribution is -0.116. The van der Waals surface area contributed by atoms with E-state index in [9.17, 15) is 14.0 Å². The fraction of sp³-hybridized carbons (Fsp3) is 0.263. The van der Waals surface area contributed by atoms with Gasteiger partial charge in [-0.2, -0.15) is 10.2 Å². The lowest BCUT2D eigenvalue weighted by atomic mass is 10.3. The highest BCUT2D eigenvalue weighted by Gasteiger charge is 2.15. The van der Waals surface area contributed by atoms with Gasteiger partial charge in [-0.1, -0.05) is 6.07 Å². The summed E-state index contributed by atoms with van der Waals surface area (Å²) in [5.41, 5.74) is 1.81. The highest BCUT2D eigenvalue weighted by atomic mass is 19.1. The molecule has 2 aromatic heterocycles. The number of anilines is 1. The van der Waals surface area contributed by atoms with E-state index < -0.39 is 11.8 Å². The summed E-state index contributed by atoms with van der Waals surface area (Å²) in [6.45, 7) is 3.86. The number of rotatable bonds is 8. The second-order valence-electron chi connectivity index (χ2n) is 6.34. The van der Waals surface area contributed by atoms with Gasteiger partial charge in [-0.3, -0.25) is 9.48 Å². The van der Waals surface area contributed by atoms with Crippen LogP contribution in [0.1, 0.15) is 28.3 Å². The molecule has 2 heterocycles. The molecule has 0 unspecified atom stereocenters. The molecule has 0 aliphatic carbocycles. The average Bonchev–Trinajstić information content (AvgIpc) is 3.25. The number of ether oxygens (including phenoxy) is 1. The first-order chi connectivity index (χ1) is 13.8. The second-order valence-corrected chi connectivity index (χ2v) is 6.34. The van der Waals surface area contributed by atoms with Crippen LogP contribution >= 0.6 is 0 Å². The molecule has 0 spiro atoms. The van der Waals surface area contributed by atoms with Gasteiger partial charge in [0.1, 0.15) is 11.6 Å². The Hall–Kier alpha value is -3.69. The normalized spacial score (nSPS) is 10.7. The van der Waals surface area contributed by atoms with Crippen LogP contribution in [-0.2, 0) is 18.1 Å². The summed E-state index contributed by atoms with van der Waals surface area (Å²) in [4.78, 5) is 23.1. The third-order valence-electron chi connectivity index (χ3n) is 4.22. The van der Waals surface area contributed by atoms with E-state index >= 15 is 0 Å². The van der Waals surface area contributed by atoms with Gasteiger partial charge in [0.25, 0.3) is 0 Å². The minimum absolute atomic E-state index is 0.0667. The number of carboxylic acids is 1. The summed E-state index contributed by atoms with van der Waals surface area (Å²) >= 11 is 0. The van der Waals surface area contributed by atoms with Gasteiger partial charge in [-0.15, -0.1) is 0 Å². The van der Waals surface area contributed by atoms with Crippen molar-refractivity contribution >= 4 is 17.6 Å². The van der Waals surface area contributed by atoms with Crippen molar-refractivity contribution in [2.45, 2.75) is 33.5 Å². The molecule has 0 radical (unpaired) electrons. The smallest absolute Gasteiger partial charge is 0.356 e. The zero-order valence-electron chi connectivity index (χ0n) is 15.9. The molecule has 0 fully saturated rings. The fourth-order valence-electron chi connectivity index (χ4n) is 2.71. The van der Waals surface area contributed by atoms with Gasteiger partial charge < -0.3 is 15.2 Å². The highest BCUT2D eigenvalue weighted by Crippen LogP contribution is 2.20. The first-order valence-electron chi connectivity index (χ1n) is 8.82. The summed E-state index contributed by atoms with van der Waals surface area (Å²) in [6, 6.07) is 7.17. The van der Waals surface area contributed by atoms with Crippen LogP contribution in [0.2, 0.25) is 0 Å². The number of carbonyl (C=O) groups is 2. The van der Waals surface area contributed by atoms with Crippen LogP contribution in [0.5, 0.6) is 5.75 Å². The average molecular weight is 401 g/mol. The Kier molecular flexibility index (Phi) is 5.91. The van der Waals surface area contributed by atoms with Gasteiger partial charge in [0.2, 0.25) is 5.91 Å². The summed E-state index contributed by atoms with van der Waals surface area (Å²) in [6.07, 6.45) is 1.62. The molecule has 3 rings (SSSR count). The zero-order chi connectivity index (χ0) is 21.0. The Balaban J connectivity index is 1.58. The van der Waals surface area contributed by atoms with Gasteiger partial charge >= 0.3 is 5.97 Å². The van der Waals surface area contributed by atoms with Crippen LogP contribution in [0.4, 0.5) is 10.1 Å². The van der Waals surface area contributed by atoms with Crippen molar-refractivity contribution in [2.24, 2.45) is 0 Å². The number of nitrogens with zero attached hydrogens (tertiary/aromatic N) is 4. The number of carbonyl (C=O) groups excluding carboxylic acids is 1. The molecule has 10 heteroatoms. The number of benzene rings is 1. The van der Waals surface area contributed by atoms with Crippen molar-refractivity contribution in [1.29, 1.82) is 0 Å². The van der Waals surface area contributed by atoms with Gasteiger partial charge in [0.05, 0.1) is 17.1 Å². The standard InChI is InChI=1S/C19H20FN5O4/c1-12-18(21-17(26)7-9-24-8-6-16(23-24)19(27)28)13(2)25(22-12)11-29-15-5-3-4-14(20)10-15/h3-6,8,10H,7,9,11H2,1-2H3,(H,21,26)(H,27,28). The molecule has 0 bridgehead atoms. The maximum absolute atomic E-state index is 13.2. The molecule has 0 aliphatic rings. The third-order valence-corrected chi connectivity index (χ3v) is 4.22. The quantitative estimate of drug-likeness (QED) is 0.600. The molecule has 0 saturated heterocycles. The number of hydrogen-bond acceptors (Lipinski definition) is 5. The fourth-order valence-corrected chi connectivity index (χ4v) is 2.71. The van der Waals surface area contributed by atoms with E-state index in [2.05, 4.69) is 15.5 Å². The number of aryl methyl sites for hydroxylation is 2. The number of halogens is 1. The second kappa shape index (κ2) is 8.55. The summed E-state index contributed by atoms with van der Waals surface area (Å²) in [5.74, 6) is -1.39. The van der Waals surface area contributed by atoms with Crippen molar-refractivity contribution in [1.82, 2.24) is 19.6 Å². The first-order valence-corrected chi connectivity index (χ1v) is 8.82. The van der Waals surface area contributed by atoms with Crippen molar-refractivity contribution < 1.29 is 23.8 Å². The monoisotopic (exact) mass is 401 g/mol. The van der Waals surface area contributed by atoms with Crippen molar-refractivity contribution in [3.8, 4) is 5.75 Å². The minimum Gasteiger partial charge on any atom is -0.476 e. The molecular formula is C19H20FN5O4. The third kappa shape index (κ3) is 4.98. The van der Waals surface area contributed by atoms with E-state index in [0.29, 0.717) is 22.8 Å². The highest BCUT2D eigenvalue weighted by molar-refractivity contribution is 5.91. The summed E-state index contributed by atoms with van der Waals surface area (Å²) in [7, 11) is 0. The van der Waals surface area contributed by atoms with Gasteiger partial charge in [-0.05, 0) is 32.0 Å². The van der Waals surface area contributed by atoms with E-state index in [1.807, 2.05) is 0 Å². The van der Waals surface area contributed by atoms with E-state index in [1.165, 1.54) is 29.1 Å². The zero-order valence-corrected chi connectivity index (χ0v) is 15.9. The topological polar surface area (TPSA) is 111 Å². The molecule has 9 nitrogen and oxygen atoms in total. The maximum atomic E-state index is 13.2. The Bertz CT molecular complexity index is 1040. The number of hydrogen-bond donors (Lipinski definition) is 2. The van der Waals surface area contributed by atoms with E-state index in [4.69, 9.17) is 9.84 Å². The molecule has 2 N–H and O–H groups in total. The number of aromatic nitrogens is 4. The Labute approximate surface area is 165 Å². The van der Waals surface area contributed by atoms with Crippen LogP contribution < -0.4 is 10.1 Å². The van der Waals surface area contributed by atoms with Gasteiger partial charge in [-0.25, -0.2) is 13.9 Å². The van der Waals surface area contributed by atoms with Gasteiger partial charge in [0, 0.05) is 25.2 Å². The molecule has 1 aromatic carbocycles. The number of aromatic carboxylic acids is 1. The molecule has 0 saturated carbocycles. The Morgan fingerprint density at radius 3 is 2.72 bits per heavy atom. The predicted molar refractivity (Wildman–Crippen MR) is 101 cm³/mol. The number of nitrogens with one attached hydrogen (secondary N) is 1. The number of carboxylic acid groups (broad SMARTS) is 1. The van der Waals surface area contributed by atoms with Crippen LogP contribution in [0.15, 0.2) is 36.5 Å². The van der Waals surface area contributed by atoms with Crippen molar-refractivity contribution in [2.75, 3.05) is 5.32 Å². The lowest BCUT2D eigenvalue weighted by Gasteiger charge is -2.09. The summed E-state index contributed by atoms with van der Waals surface area (Å²) in [5, 5.41) is 19.9. The van der Waals surface area contributed by atoms with Crippen LogP contribution in [0.3, 0.4) is 0 Å². The van der Waals surface area contributed by atoms with Crippen LogP contribution in [-0.4, -0.2) is 36.5 Å². The molecule has 0 atom stereocenters. The Morgan fingerprint density at radius 2 is 2.03 bits per heavy atom. The summed E-state index contributed by atoms with van der Waals surface area (Å²) < 4.78 is 21.8. The molecule has 152 valence electrons. The molecule has 29 heavy (non-hydrogen) atoms. The first kappa shape index (κ1) is 20.1. The van der Waals surface area contributed by atoms with Crippen LogP contribution in [0, 0.1) is 19.7 Å². The number of amides is 1. The van der Waals surface area contributed by atoms with E-state index in [-0.39, 0.29) is 31.3 Å². The molecule has 3 aromatic rings. The SMILES string of the molecule is Cc1nn(COc2cccc(F)c2)c(C)c1NC(=O)CCn1ccc(C(=O)O)n1. The molecule has 1 amide bonds. The minimum atomic E-state index is -1.12. The van der Waals surface area contributed by atoms with Crippen LogP contribution in [0.25, 0.3) is 0 Å². The molecule has 0 aliphatic heterocycles. The van der Waals surface area contributed by atoms with E-state index in [1.54, 1.807) is 30.7 Å². The van der Waals surface area contributed by atoms with E-state index in [0.717, 1.165) is 0 Å².